The number of methoxy groups -OCH3 is 1. The second-order valence-corrected chi connectivity index (χ2v) is 7.83. The van der Waals surface area contributed by atoms with E-state index in [2.05, 4.69) is 9.97 Å². The Balaban J connectivity index is 1.48. The van der Waals surface area contributed by atoms with Crippen LogP contribution in [0, 0.1) is 5.92 Å². The molecule has 3 heterocycles. The van der Waals surface area contributed by atoms with Gasteiger partial charge in [0, 0.05) is 49.3 Å². The molecule has 0 radical (unpaired) electrons. The Labute approximate surface area is 158 Å². The third kappa shape index (κ3) is 3.76. The van der Waals surface area contributed by atoms with Gasteiger partial charge < -0.3 is 14.6 Å². The number of carbonyl (C=O) groups is 1. The van der Waals surface area contributed by atoms with E-state index in [9.17, 15) is 9.59 Å². The molecule has 1 aliphatic heterocycles. The lowest BCUT2D eigenvalue weighted by molar-refractivity contribution is -0.138. The van der Waals surface area contributed by atoms with Crippen LogP contribution in [0.3, 0.4) is 0 Å². The van der Waals surface area contributed by atoms with Crippen LogP contribution in [0.2, 0.25) is 0 Å². The quantitative estimate of drug-likeness (QED) is 0.903. The van der Waals surface area contributed by atoms with Gasteiger partial charge in [0.05, 0.1) is 6.10 Å². The smallest absolute Gasteiger partial charge is 0.274 e. The standard InChI is InChI=1S/C21H27N3O3/c1-27-17-8-6-14(7-9-17)21(26)24-11-3-5-16(13-24)18-12-15-4-2-10-22-19(15)20(25)23-18/h2,4,10,12,14,16-17H,3,5-9,11,13H2,1H3,(H,23,25)/t14?,16-,17?/m0/s1. The Kier molecular flexibility index (Phi) is 5.25. The van der Waals surface area contributed by atoms with E-state index >= 15 is 0 Å². The van der Waals surface area contributed by atoms with Crippen LogP contribution in [0.25, 0.3) is 10.9 Å². The van der Waals surface area contributed by atoms with Crippen molar-refractivity contribution in [1.82, 2.24) is 14.9 Å². The molecule has 2 aromatic rings. The van der Waals surface area contributed by atoms with E-state index in [1.807, 2.05) is 23.1 Å². The summed E-state index contributed by atoms with van der Waals surface area (Å²) in [6.07, 6.45) is 7.66. The number of nitrogens with one attached hydrogen (secondary N) is 1. The number of aromatic amines is 1. The molecule has 2 fully saturated rings. The summed E-state index contributed by atoms with van der Waals surface area (Å²) in [4.78, 5) is 34.5. The molecular formula is C21H27N3O3. The van der Waals surface area contributed by atoms with Crippen molar-refractivity contribution in [2.24, 2.45) is 5.92 Å². The first-order chi connectivity index (χ1) is 13.2. The first-order valence-corrected chi connectivity index (χ1v) is 9.95. The van der Waals surface area contributed by atoms with E-state index in [1.165, 1.54) is 0 Å². The highest BCUT2D eigenvalue weighted by Gasteiger charge is 2.32. The van der Waals surface area contributed by atoms with Crippen LogP contribution in [-0.2, 0) is 9.53 Å². The highest BCUT2D eigenvalue weighted by Crippen LogP contribution is 2.31. The van der Waals surface area contributed by atoms with E-state index in [1.54, 1.807) is 13.3 Å². The summed E-state index contributed by atoms with van der Waals surface area (Å²) in [7, 11) is 1.75. The molecule has 0 aromatic carbocycles. The molecule has 0 bridgehead atoms. The molecule has 0 unspecified atom stereocenters. The second-order valence-electron chi connectivity index (χ2n) is 7.83. The number of fused-ring (bicyclic) bond motifs is 1. The van der Waals surface area contributed by atoms with E-state index in [-0.39, 0.29) is 23.3 Å². The predicted molar refractivity (Wildman–Crippen MR) is 104 cm³/mol. The molecule has 6 nitrogen and oxygen atoms in total. The summed E-state index contributed by atoms with van der Waals surface area (Å²) in [5, 5.41) is 0.859. The molecule has 2 aliphatic rings. The van der Waals surface area contributed by atoms with Gasteiger partial charge in [-0.2, -0.15) is 0 Å². The van der Waals surface area contributed by atoms with Crippen molar-refractivity contribution in [3.8, 4) is 0 Å². The number of nitrogens with zero attached hydrogens (tertiary/aromatic N) is 2. The number of aromatic nitrogens is 2. The van der Waals surface area contributed by atoms with Crippen LogP contribution < -0.4 is 5.56 Å². The maximum atomic E-state index is 13.0. The fraction of sp³-hybridized carbons (Fsp3) is 0.571. The largest absolute Gasteiger partial charge is 0.381 e. The average Bonchev–Trinajstić information content (AvgIpc) is 2.73. The number of hydrogen-bond acceptors (Lipinski definition) is 4. The third-order valence-corrected chi connectivity index (χ3v) is 6.15. The monoisotopic (exact) mass is 369 g/mol. The van der Waals surface area contributed by atoms with Crippen molar-refractivity contribution >= 4 is 16.8 Å². The maximum Gasteiger partial charge on any atom is 0.274 e. The second kappa shape index (κ2) is 7.80. The fourth-order valence-electron chi connectivity index (χ4n) is 4.57. The molecule has 6 heteroatoms. The van der Waals surface area contributed by atoms with Gasteiger partial charge in [-0.05, 0) is 50.7 Å². The number of likely N-dealkylation sites (tertiary alicyclic amines) is 1. The van der Waals surface area contributed by atoms with Crippen LogP contribution >= 0.6 is 0 Å². The number of carbonyl (C=O) groups excluding carboxylic acids is 1. The first-order valence-electron chi connectivity index (χ1n) is 9.95. The van der Waals surface area contributed by atoms with Crippen molar-refractivity contribution in [3.63, 3.8) is 0 Å². The zero-order valence-corrected chi connectivity index (χ0v) is 15.8. The molecule has 27 heavy (non-hydrogen) atoms. The summed E-state index contributed by atoms with van der Waals surface area (Å²) < 4.78 is 5.42. The van der Waals surface area contributed by atoms with Crippen LogP contribution in [0.15, 0.2) is 29.2 Å². The van der Waals surface area contributed by atoms with Crippen LogP contribution in [-0.4, -0.2) is 47.1 Å². The number of pyridine rings is 2. The lowest BCUT2D eigenvalue weighted by atomic mass is 9.85. The molecule has 4 rings (SSSR count). The number of hydrogen-bond donors (Lipinski definition) is 1. The Hall–Kier alpha value is -2.21. The number of amides is 1. The number of ether oxygens (including phenoxy) is 1. The molecule has 1 N–H and O–H groups in total. The molecule has 1 aliphatic carbocycles. The molecule has 1 atom stereocenters. The molecule has 0 spiro atoms. The molecular weight excluding hydrogens is 342 g/mol. The van der Waals surface area contributed by atoms with Gasteiger partial charge in [-0.1, -0.05) is 6.07 Å². The van der Waals surface area contributed by atoms with Crippen LogP contribution in [0.1, 0.15) is 50.1 Å². The van der Waals surface area contributed by atoms with Gasteiger partial charge in [0.2, 0.25) is 5.91 Å². The maximum absolute atomic E-state index is 13.0. The summed E-state index contributed by atoms with van der Waals surface area (Å²) >= 11 is 0. The SMILES string of the molecule is COC1CCC(C(=O)N2CCC[C@H](c3cc4cccnc4c(=O)[nH]3)C2)CC1. The number of piperidine rings is 1. The molecule has 1 saturated heterocycles. The Bertz CT molecular complexity index is 870. The topological polar surface area (TPSA) is 75.3 Å². The number of rotatable bonds is 3. The van der Waals surface area contributed by atoms with Gasteiger partial charge in [0.25, 0.3) is 5.56 Å². The van der Waals surface area contributed by atoms with E-state index in [0.29, 0.717) is 18.2 Å². The summed E-state index contributed by atoms with van der Waals surface area (Å²) in [5.74, 6) is 0.573. The minimum absolute atomic E-state index is 0.120. The number of H-pyrrole nitrogens is 1. The van der Waals surface area contributed by atoms with E-state index < -0.39 is 0 Å². The van der Waals surface area contributed by atoms with Crippen molar-refractivity contribution < 1.29 is 9.53 Å². The molecule has 1 amide bonds. The van der Waals surface area contributed by atoms with Gasteiger partial charge in [-0.25, -0.2) is 0 Å². The normalized spacial score (nSPS) is 26.3. The van der Waals surface area contributed by atoms with Gasteiger partial charge in [0.1, 0.15) is 5.52 Å². The van der Waals surface area contributed by atoms with Crippen molar-refractivity contribution in [3.05, 3.63) is 40.4 Å². The van der Waals surface area contributed by atoms with Crippen molar-refractivity contribution in [1.29, 1.82) is 0 Å². The average molecular weight is 369 g/mol. The van der Waals surface area contributed by atoms with Gasteiger partial charge >= 0.3 is 0 Å². The van der Waals surface area contributed by atoms with Gasteiger partial charge in [-0.15, -0.1) is 0 Å². The lowest BCUT2D eigenvalue weighted by Crippen LogP contribution is -2.43. The van der Waals surface area contributed by atoms with E-state index in [0.717, 1.165) is 56.1 Å². The fourth-order valence-corrected chi connectivity index (χ4v) is 4.57. The zero-order chi connectivity index (χ0) is 18.8. The van der Waals surface area contributed by atoms with Crippen molar-refractivity contribution in [2.45, 2.75) is 50.5 Å². The van der Waals surface area contributed by atoms with E-state index in [4.69, 9.17) is 4.74 Å². The molecule has 1 saturated carbocycles. The minimum Gasteiger partial charge on any atom is -0.381 e. The van der Waals surface area contributed by atoms with Crippen molar-refractivity contribution in [2.75, 3.05) is 20.2 Å². The third-order valence-electron chi connectivity index (χ3n) is 6.15. The Morgan fingerprint density at radius 2 is 2.07 bits per heavy atom. The van der Waals surface area contributed by atoms with Gasteiger partial charge in [0.15, 0.2) is 0 Å². The zero-order valence-electron chi connectivity index (χ0n) is 15.8. The lowest BCUT2D eigenvalue weighted by Gasteiger charge is -2.36. The highest BCUT2D eigenvalue weighted by molar-refractivity contribution is 5.79. The van der Waals surface area contributed by atoms with Gasteiger partial charge in [-0.3, -0.25) is 14.6 Å². The molecule has 2 aromatic heterocycles. The summed E-state index contributed by atoms with van der Waals surface area (Å²) in [5.41, 5.74) is 1.24. The Morgan fingerprint density at radius 1 is 1.26 bits per heavy atom. The van der Waals surface area contributed by atoms with Crippen LogP contribution in [0.5, 0.6) is 0 Å². The predicted octanol–water partition coefficient (Wildman–Crippen LogP) is 2.83. The summed E-state index contributed by atoms with van der Waals surface area (Å²) in [6, 6.07) is 5.78. The highest BCUT2D eigenvalue weighted by atomic mass is 16.5. The molecule has 144 valence electrons. The van der Waals surface area contributed by atoms with Crippen LogP contribution in [0.4, 0.5) is 0 Å². The minimum atomic E-state index is -0.149. The first kappa shape index (κ1) is 18.2. The Morgan fingerprint density at radius 3 is 2.85 bits per heavy atom. The summed E-state index contributed by atoms with van der Waals surface area (Å²) in [6.45, 7) is 1.50.